The van der Waals surface area contributed by atoms with Crippen molar-refractivity contribution in [3.8, 4) is 0 Å². The zero-order valence-corrected chi connectivity index (χ0v) is 12.0. The minimum absolute atomic E-state index is 0.234. The van der Waals surface area contributed by atoms with Crippen LogP contribution in [0.15, 0.2) is 29.2 Å². The molecule has 0 aliphatic heterocycles. The van der Waals surface area contributed by atoms with Gasteiger partial charge in [0.25, 0.3) is 5.69 Å². The number of rotatable bonds is 6. The maximum absolute atomic E-state index is 11.0. The Bertz CT molecular complexity index is 439. The van der Waals surface area contributed by atoms with Crippen molar-refractivity contribution < 1.29 is 4.92 Å². The van der Waals surface area contributed by atoms with Crippen LogP contribution in [0.3, 0.4) is 0 Å². The molecule has 2 rings (SSSR count). The minimum atomic E-state index is -0.288. The van der Waals surface area contributed by atoms with E-state index in [2.05, 4.69) is 12.2 Å². The second-order valence-electron chi connectivity index (χ2n) is 4.93. The van der Waals surface area contributed by atoms with Crippen LogP contribution in [-0.4, -0.2) is 22.8 Å². The molecule has 0 amide bonds. The SMILES string of the molecule is CCCNC1CCC(Sc2ccccc2[N+](=O)[O-])C1. The van der Waals surface area contributed by atoms with E-state index in [1.165, 1.54) is 6.42 Å². The lowest BCUT2D eigenvalue weighted by Gasteiger charge is -2.12. The summed E-state index contributed by atoms with van der Waals surface area (Å²) in [6.45, 7) is 3.23. The summed E-state index contributed by atoms with van der Waals surface area (Å²) in [5, 5.41) is 15.0. The van der Waals surface area contributed by atoms with Gasteiger partial charge in [0.2, 0.25) is 0 Å². The van der Waals surface area contributed by atoms with Crippen LogP contribution in [-0.2, 0) is 0 Å². The summed E-state index contributed by atoms with van der Waals surface area (Å²) in [6, 6.07) is 7.62. The first-order valence-corrected chi connectivity index (χ1v) is 7.72. The van der Waals surface area contributed by atoms with E-state index < -0.39 is 0 Å². The second kappa shape index (κ2) is 6.91. The molecule has 5 heteroatoms. The molecule has 2 atom stereocenters. The Hall–Kier alpha value is -1.07. The third kappa shape index (κ3) is 3.94. The van der Waals surface area contributed by atoms with Gasteiger partial charge in [-0.05, 0) is 38.3 Å². The largest absolute Gasteiger partial charge is 0.314 e. The number of nitro groups is 1. The Morgan fingerprint density at radius 2 is 2.21 bits per heavy atom. The van der Waals surface area contributed by atoms with Gasteiger partial charge in [0, 0.05) is 17.4 Å². The lowest BCUT2D eigenvalue weighted by atomic mass is 10.2. The third-order valence-electron chi connectivity index (χ3n) is 3.42. The fraction of sp³-hybridized carbons (Fsp3) is 0.571. The molecule has 0 bridgehead atoms. The van der Waals surface area contributed by atoms with Crippen molar-refractivity contribution in [3.05, 3.63) is 34.4 Å². The van der Waals surface area contributed by atoms with Crippen molar-refractivity contribution in [1.82, 2.24) is 5.32 Å². The van der Waals surface area contributed by atoms with Gasteiger partial charge < -0.3 is 5.32 Å². The van der Waals surface area contributed by atoms with Gasteiger partial charge in [0.05, 0.1) is 9.82 Å². The summed E-state index contributed by atoms with van der Waals surface area (Å²) in [5.74, 6) is 0. The molecule has 0 aromatic heterocycles. The Balaban J connectivity index is 1.94. The van der Waals surface area contributed by atoms with Gasteiger partial charge in [-0.15, -0.1) is 11.8 Å². The number of para-hydroxylation sites is 1. The van der Waals surface area contributed by atoms with Crippen molar-refractivity contribution in [3.63, 3.8) is 0 Å². The van der Waals surface area contributed by atoms with E-state index in [0.717, 1.165) is 30.7 Å². The van der Waals surface area contributed by atoms with Crippen molar-refractivity contribution >= 4 is 17.4 Å². The summed E-state index contributed by atoms with van der Waals surface area (Å²) in [5.41, 5.74) is 0.234. The first kappa shape index (κ1) is 14.3. The average molecular weight is 280 g/mol. The number of nitrogens with one attached hydrogen (secondary N) is 1. The van der Waals surface area contributed by atoms with Gasteiger partial charge in [0.15, 0.2) is 0 Å². The lowest BCUT2D eigenvalue weighted by molar-refractivity contribution is -0.387. The van der Waals surface area contributed by atoms with Gasteiger partial charge >= 0.3 is 0 Å². The van der Waals surface area contributed by atoms with E-state index in [9.17, 15) is 10.1 Å². The quantitative estimate of drug-likeness (QED) is 0.639. The first-order chi connectivity index (χ1) is 9.20. The molecule has 0 radical (unpaired) electrons. The third-order valence-corrected chi connectivity index (χ3v) is 4.78. The van der Waals surface area contributed by atoms with Crippen LogP contribution in [0.1, 0.15) is 32.6 Å². The molecular weight excluding hydrogens is 260 g/mol. The topological polar surface area (TPSA) is 55.2 Å². The number of benzene rings is 1. The molecule has 1 aromatic carbocycles. The summed E-state index contributed by atoms with van der Waals surface area (Å²) < 4.78 is 0. The highest BCUT2D eigenvalue weighted by Gasteiger charge is 2.26. The number of hydrogen-bond donors (Lipinski definition) is 1. The summed E-state index contributed by atoms with van der Waals surface area (Å²) in [4.78, 5) is 11.5. The fourth-order valence-electron chi connectivity index (χ4n) is 2.47. The Labute approximate surface area is 118 Å². The van der Waals surface area contributed by atoms with Crippen molar-refractivity contribution in [1.29, 1.82) is 0 Å². The highest BCUT2D eigenvalue weighted by atomic mass is 32.2. The van der Waals surface area contributed by atoms with Crippen LogP contribution >= 0.6 is 11.8 Å². The highest BCUT2D eigenvalue weighted by molar-refractivity contribution is 8.00. The first-order valence-electron chi connectivity index (χ1n) is 6.84. The Morgan fingerprint density at radius 1 is 1.42 bits per heavy atom. The molecule has 1 aromatic rings. The standard InChI is InChI=1S/C14H20N2O2S/c1-2-9-15-11-7-8-12(10-11)19-14-6-4-3-5-13(14)16(17)18/h3-6,11-12,15H,2,7-10H2,1H3. The van der Waals surface area contributed by atoms with Gasteiger partial charge in [-0.2, -0.15) is 0 Å². The Kier molecular flexibility index (Phi) is 5.22. The Morgan fingerprint density at radius 3 is 2.95 bits per heavy atom. The van der Waals surface area contributed by atoms with Crippen LogP contribution in [0, 0.1) is 10.1 Å². The van der Waals surface area contributed by atoms with E-state index >= 15 is 0 Å². The molecule has 2 unspecified atom stereocenters. The molecule has 1 fully saturated rings. The van der Waals surface area contributed by atoms with Crippen LogP contribution in [0.25, 0.3) is 0 Å². The summed E-state index contributed by atoms with van der Waals surface area (Å²) in [6.07, 6.45) is 4.57. The monoisotopic (exact) mass is 280 g/mol. The second-order valence-corrected chi connectivity index (χ2v) is 6.27. The van der Waals surface area contributed by atoms with Crippen molar-refractivity contribution in [2.24, 2.45) is 0 Å². The molecule has 0 saturated heterocycles. The minimum Gasteiger partial charge on any atom is -0.314 e. The van der Waals surface area contributed by atoms with E-state index in [1.54, 1.807) is 23.9 Å². The highest BCUT2D eigenvalue weighted by Crippen LogP contribution is 2.38. The molecule has 1 N–H and O–H groups in total. The average Bonchev–Trinajstić information content (AvgIpc) is 2.84. The molecule has 0 spiro atoms. The van der Waals surface area contributed by atoms with Crippen LogP contribution in [0.4, 0.5) is 5.69 Å². The number of nitrogens with zero attached hydrogens (tertiary/aromatic N) is 1. The molecule has 4 nitrogen and oxygen atoms in total. The van der Waals surface area contributed by atoms with E-state index in [1.807, 2.05) is 12.1 Å². The molecular formula is C14H20N2O2S. The lowest BCUT2D eigenvalue weighted by Crippen LogP contribution is -2.27. The predicted octanol–water partition coefficient (Wildman–Crippen LogP) is 3.61. The normalized spacial score (nSPS) is 22.6. The van der Waals surface area contributed by atoms with Crippen molar-refractivity contribution in [2.75, 3.05) is 6.54 Å². The molecule has 0 heterocycles. The smallest absolute Gasteiger partial charge is 0.282 e. The van der Waals surface area contributed by atoms with Gasteiger partial charge in [-0.3, -0.25) is 10.1 Å². The molecule has 1 saturated carbocycles. The molecule has 19 heavy (non-hydrogen) atoms. The van der Waals surface area contributed by atoms with Crippen molar-refractivity contribution in [2.45, 2.75) is 48.8 Å². The number of hydrogen-bond acceptors (Lipinski definition) is 4. The zero-order valence-electron chi connectivity index (χ0n) is 11.2. The van der Waals surface area contributed by atoms with Crippen LogP contribution in [0.2, 0.25) is 0 Å². The fourth-order valence-corrected chi connectivity index (χ4v) is 3.83. The molecule has 104 valence electrons. The molecule has 1 aliphatic carbocycles. The van der Waals surface area contributed by atoms with E-state index in [-0.39, 0.29) is 10.6 Å². The van der Waals surface area contributed by atoms with Gasteiger partial charge in [-0.25, -0.2) is 0 Å². The summed E-state index contributed by atoms with van der Waals surface area (Å²) >= 11 is 1.66. The van der Waals surface area contributed by atoms with Gasteiger partial charge in [0.1, 0.15) is 0 Å². The van der Waals surface area contributed by atoms with E-state index in [0.29, 0.717) is 11.3 Å². The predicted molar refractivity (Wildman–Crippen MR) is 78.7 cm³/mol. The zero-order chi connectivity index (χ0) is 13.7. The van der Waals surface area contributed by atoms with Gasteiger partial charge in [-0.1, -0.05) is 19.1 Å². The maximum atomic E-state index is 11.0. The van der Waals surface area contributed by atoms with E-state index in [4.69, 9.17) is 0 Å². The number of nitro benzene ring substituents is 1. The van der Waals surface area contributed by atoms with Crippen LogP contribution < -0.4 is 5.32 Å². The summed E-state index contributed by atoms with van der Waals surface area (Å²) in [7, 11) is 0. The number of thioether (sulfide) groups is 1. The molecule has 1 aliphatic rings. The van der Waals surface area contributed by atoms with Crippen LogP contribution in [0.5, 0.6) is 0 Å². The maximum Gasteiger partial charge on any atom is 0.282 e.